The van der Waals surface area contributed by atoms with Crippen molar-refractivity contribution in [1.82, 2.24) is 0 Å². The van der Waals surface area contributed by atoms with E-state index >= 15 is 0 Å². The second kappa shape index (κ2) is 9.55. The number of ether oxygens (including phenoxy) is 1. The maximum absolute atomic E-state index is 11.2. The Morgan fingerprint density at radius 1 is 1.21 bits per heavy atom. The molecule has 0 amide bonds. The Hall–Kier alpha value is 0.660. The van der Waals surface area contributed by atoms with Crippen molar-refractivity contribution in [2.45, 2.75) is 7.47 Å². The van der Waals surface area contributed by atoms with E-state index in [2.05, 4.69) is 22.6 Å². The van der Waals surface area contributed by atoms with Gasteiger partial charge >= 0.3 is 35.5 Å². The van der Waals surface area contributed by atoms with Crippen molar-refractivity contribution in [3.05, 3.63) is 51.6 Å². The van der Waals surface area contributed by atoms with Crippen molar-refractivity contribution in [2.75, 3.05) is 0 Å². The zero-order chi connectivity index (χ0) is 17.2. The van der Waals surface area contributed by atoms with Gasteiger partial charge in [-0.15, -0.1) is 5.75 Å². The first-order valence-electron chi connectivity index (χ1n) is 6.33. The Morgan fingerprint density at radius 2 is 1.79 bits per heavy atom. The number of carboxylic acids is 1. The van der Waals surface area contributed by atoms with Gasteiger partial charge in [0.05, 0.1) is 3.57 Å². The van der Waals surface area contributed by atoms with E-state index in [9.17, 15) is 9.90 Å². The van der Waals surface area contributed by atoms with Gasteiger partial charge in [0.25, 0.3) is 0 Å². The summed E-state index contributed by atoms with van der Waals surface area (Å²) in [7, 11) is 0. The van der Waals surface area contributed by atoms with Gasteiger partial charge in [-0.3, -0.25) is 4.79 Å². The molecule has 0 aliphatic heterocycles. The van der Waals surface area contributed by atoms with Gasteiger partial charge in [-0.1, -0.05) is 63.4 Å². The van der Waals surface area contributed by atoms with E-state index in [1.807, 2.05) is 51.2 Å². The Balaban J connectivity index is 0.00000288. The standard InChI is InChI=1S/C15H12I3NO4.Na/c16-11-7-8(15(17,18)13(19)14(21)22)1-6-12(11)23-10-4-2-9(20)3-5-10;/h1-7,13,20H,19H2,(H,21,22);/q;+1/p-1/t13-;/m0./s1. The van der Waals surface area contributed by atoms with Crippen LogP contribution in [-0.2, 0) is 6.22 Å². The molecule has 122 valence electrons. The Bertz CT molecular complexity index is 725. The summed E-state index contributed by atoms with van der Waals surface area (Å²) < 4.78 is 5.79. The molecule has 0 saturated heterocycles. The van der Waals surface area contributed by atoms with E-state index < -0.39 is 13.4 Å². The molecule has 0 radical (unpaired) electrons. The number of benzene rings is 2. The summed E-state index contributed by atoms with van der Waals surface area (Å²) in [5, 5.41) is 20.2. The topological polar surface area (TPSA) is 95.6 Å². The third-order valence-corrected chi connectivity index (χ3v) is 6.46. The SMILES string of the molecule is N[C@@H](C(=O)O)C(I)(I)c1ccc(Oc2ccc([O-])cc2)c(I)c1.[Na+]. The minimum atomic E-state index is -1.05. The molecule has 0 bridgehead atoms. The summed E-state index contributed by atoms with van der Waals surface area (Å²) in [6.07, 6.45) is 0. The quantitative estimate of drug-likeness (QED) is 0.276. The van der Waals surface area contributed by atoms with E-state index in [-0.39, 0.29) is 35.3 Å². The van der Waals surface area contributed by atoms with E-state index in [0.29, 0.717) is 11.5 Å². The predicted molar refractivity (Wildman–Crippen MR) is 110 cm³/mol. The normalized spacial score (nSPS) is 12.2. The largest absolute Gasteiger partial charge is 1.00 e. The molecule has 0 aliphatic rings. The fourth-order valence-electron chi connectivity index (χ4n) is 1.76. The van der Waals surface area contributed by atoms with Crippen LogP contribution >= 0.6 is 67.8 Å². The number of carboxylic acid groups (broad SMARTS) is 1. The molecule has 5 nitrogen and oxygen atoms in total. The van der Waals surface area contributed by atoms with Gasteiger partial charge in [0.1, 0.15) is 19.0 Å². The third kappa shape index (κ3) is 5.58. The molecule has 0 aliphatic carbocycles. The van der Waals surface area contributed by atoms with Crippen LogP contribution in [0.25, 0.3) is 0 Å². The summed E-state index contributed by atoms with van der Waals surface area (Å²) in [5.41, 5.74) is 6.57. The number of hydrogen-bond acceptors (Lipinski definition) is 4. The zero-order valence-corrected chi connectivity index (χ0v) is 21.0. The van der Waals surface area contributed by atoms with Crippen LogP contribution in [0.3, 0.4) is 0 Å². The Labute approximate surface area is 202 Å². The van der Waals surface area contributed by atoms with Gasteiger partial charge in [0.2, 0.25) is 0 Å². The van der Waals surface area contributed by atoms with Crippen molar-refractivity contribution < 1.29 is 49.3 Å². The van der Waals surface area contributed by atoms with Crippen LogP contribution in [-0.4, -0.2) is 17.1 Å². The minimum absolute atomic E-state index is 0. The van der Waals surface area contributed by atoms with E-state index in [1.165, 1.54) is 12.1 Å². The van der Waals surface area contributed by atoms with E-state index in [4.69, 9.17) is 15.6 Å². The van der Waals surface area contributed by atoms with Crippen molar-refractivity contribution in [2.24, 2.45) is 5.73 Å². The first-order valence-corrected chi connectivity index (χ1v) is 9.56. The fourth-order valence-corrected chi connectivity index (χ4v) is 3.59. The summed E-state index contributed by atoms with van der Waals surface area (Å²) >= 11 is 6.20. The van der Waals surface area contributed by atoms with Crippen LogP contribution in [0.15, 0.2) is 42.5 Å². The summed E-state index contributed by atoms with van der Waals surface area (Å²) in [4.78, 5) is 11.2. The Morgan fingerprint density at radius 3 is 2.29 bits per heavy atom. The molecule has 2 aromatic rings. The van der Waals surface area contributed by atoms with Gasteiger partial charge in [-0.05, 0) is 52.4 Å². The predicted octanol–water partition coefficient (Wildman–Crippen LogP) is 0.596. The third-order valence-electron chi connectivity index (χ3n) is 3.02. The van der Waals surface area contributed by atoms with Crippen LogP contribution in [0.2, 0.25) is 0 Å². The molecule has 0 heterocycles. The molecule has 24 heavy (non-hydrogen) atoms. The van der Waals surface area contributed by atoms with Gasteiger partial charge in [-0.25, -0.2) is 0 Å². The van der Waals surface area contributed by atoms with Crippen LogP contribution in [0.5, 0.6) is 17.2 Å². The first-order chi connectivity index (χ1) is 10.7. The van der Waals surface area contributed by atoms with Gasteiger partial charge < -0.3 is 20.7 Å². The summed E-state index contributed by atoms with van der Waals surface area (Å²) in [5.74, 6) is 0.0553. The second-order valence-electron chi connectivity index (χ2n) is 4.66. The number of rotatable bonds is 5. The maximum Gasteiger partial charge on any atom is 1.00 e. The Kier molecular flexibility index (Phi) is 9.04. The zero-order valence-electron chi connectivity index (χ0n) is 12.5. The average molecular weight is 673 g/mol. The van der Waals surface area contributed by atoms with Crippen LogP contribution in [0.4, 0.5) is 0 Å². The summed E-state index contributed by atoms with van der Waals surface area (Å²) in [6, 6.07) is 10.5. The number of hydrogen-bond donors (Lipinski definition) is 2. The number of nitrogens with two attached hydrogens (primary N) is 1. The monoisotopic (exact) mass is 673 g/mol. The number of aliphatic carboxylic acids is 1. The van der Waals surface area contributed by atoms with Crippen molar-refractivity contribution in [1.29, 1.82) is 0 Å². The van der Waals surface area contributed by atoms with E-state index in [0.717, 1.165) is 9.13 Å². The molecule has 2 rings (SSSR count). The maximum atomic E-state index is 11.2. The molecule has 0 aromatic heterocycles. The molecule has 0 saturated carbocycles. The molecule has 0 spiro atoms. The molecule has 9 heteroatoms. The molecule has 3 N–H and O–H groups in total. The van der Waals surface area contributed by atoms with Gasteiger partial charge in [0.15, 0.2) is 0 Å². The smallest absolute Gasteiger partial charge is 0.872 e. The van der Waals surface area contributed by atoms with Crippen LogP contribution in [0.1, 0.15) is 5.56 Å². The fraction of sp³-hybridized carbons (Fsp3) is 0.133. The van der Waals surface area contributed by atoms with Crippen molar-refractivity contribution in [3.63, 3.8) is 0 Å². The first kappa shape index (κ1) is 22.7. The molecular formula is C15H11I3NNaO4. The number of carbonyl (C=O) groups is 1. The van der Waals surface area contributed by atoms with Crippen LogP contribution < -0.4 is 45.1 Å². The second-order valence-corrected chi connectivity index (χ2v) is 11.3. The van der Waals surface area contributed by atoms with Gasteiger partial charge in [-0.2, -0.15) is 0 Å². The number of halogens is 3. The molecule has 1 atom stereocenters. The van der Waals surface area contributed by atoms with Crippen LogP contribution in [0, 0.1) is 3.57 Å². The molecule has 0 unspecified atom stereocenters. The molecular weight excluding hydrogens is 662 g/mol. The average Bonchev–Trinajstić information content (AvgIpc) is 2.50. The van der Waals surface area contributed by atoms with Crippen molar-refractivity contribution in [3.8, 4) is 17.2 Å². The van der Waals surface area contributed by atoms with Crippen molar-refractivity contribution >= 4 is 73.7 Å². The minimum Gasteiger partial charge on any atom is -0.872 e. The molecule has 0 fully saturated rings. The molecule has 2 aromatic carbocycles. The number of alkyl halides is 2. The van der Waals surface area contributed by atoms with Gasteiger partial charge in [0, 0.05) is 0 Å². The summed E-state index contributed by atoms with van der Waals surface area (Å²) in [6.45, 7) is 0. The van der Waals surface area contributed by atoms with E-state index in [1.54, 1.807) is 24.3 Å².